The van der Waals surface area contributed by atoms with Crippen LogP contribution in [0.3, 0.4) is 0 Å². The average molecular weight is 276 g/mol. The minimum atomic E-state index is -1.29. The van der Waals surface area contributed by atoms with E-state index in [-0.39, 0.29) is 22.4 Å². The molecule has 2 aromatic rings. The van der Waals surface area contributed by atoms with Crippen LogP contribution in [0.25, 0.3) is 5.69 Å². The van der Waals surface area contributed by atoms with E-state index in [2.05, 4.69) is 5.10 Å². The van der Waals surface area contributed by atoms with Gasteiger partial charge in [-0.3, -0.25) is 0 Å². The van der Waals surface area contributed by atoms with E-state index in [0.717, 1.165) is 23.1 Å². The third kappa shape index (κ3) is 2.48. The zero-order chi connectivity index (χ0) is 14.9. The normalized spacial score (nSPS) is 10.2. The summed E-state index contributed by atoms with van der Waals surface area (Å²) in [4.78, 5) is 32.7. The number of carboxylic acids is 3. The Morgan fingerprint density at radius 3 is 1.75 bits per heavy atom. The monoisotopic (exact) mass is 276 g/mol. The summed E-state index contributed by atoms with van der Waals surface area (Å²) in [6.45, 7) is 0. The van der Waals surface area contributed by atoms with E-state index >= 15 is 0 Å². The van der Waals surface area contributed by atoms with Gasteiger partial charge in [0.1, 0.15) is 0 Å². The van der Waals surface area contributed by atoms with Gasteiger partial charge in [0.15, 0.2) is 0 Å². The molecule has 0 unspecified atom stereocenters. The Kier molecular flexibility index (Phi) is 3.21. The Labute approximate surface area is 111 Å². The maximum Gasteiger partial charge on any atom is 0.338 e. The molecule has 0 saturated heterocycles. The van der Waals surface area contributed by atoms with E-state index in [1.807, 2.05) is 0 Å². The van der Waals surface area contributed by atoms with E-state index in [1.54, 1.807) is 0 Å². The highest BCUT2D eigenvalue weighted by atomic mass is 16.4. The molecule has 1 aromatic heterocycles. The highest BCUT2D eigenvalue weighted by molar-refractivity contribution is 5.94. The molecule has 0 atom stereocenters. The Balaban J connectivity index is 2.57. The zero-order valence-corrected chi connectivity index (χ0v) is 9.85. The number of hydrogen-bond acceptors (Lipinski definition) is 4. The number of benzene rings is 1. The van der Waals surface area contributed by atoms with Crippen LogP contribution in [0.15, 0.2) is 30.6 Å². The molecule has 0 amide bonds. The van der Waals surface area contributed by atoms with Crippen LogP contribution in [0.1, 0.15) is 31.1 Å². The first-order valence-corrected chi connectivity index (χ1v) is 5.28. The number of hydrogen-bond donors (Lipinski definition) is 3. The number of aromatic carboxylic acids is 3. The molecular weight excluding hydrogens is 268 g/mol. The van der Waals surface area contributed by atoms with E-state index < -0.39 is 17.9 Å². The van der Waals surface area contributed by atoms with Crippen LogP contribution in [0.2, 0.25) is 0 Å². The minimum Gasteiger partial charge on any atom is -0.478 e. The van der Waals surface area contributed by atoms with Crippen molar-refractivity contribution in [3.63, 3.8) is 0 Å². The van der Waals surface area contributed by atoms with Gasteiger partial charge in [-0.05, 0) is 18.2 Å². The standard InChI is InChI=1S/C12H8N2O6/c15-10(16)6-1-7(11(17)18)3-9(2-6)14-5-8(4-13-14)12(19)20/h1-5H,(H,15,16)(H,17,18)(H,19,20). The fourth-order valence-electron chi connectivity index (χ4n) is 1.56. The van der Waals surface area contributed by atoms with E-state index in [1.165, 1.54) is 12.1 Å². The molecule has 0 aliphatic rings. The summed E-state index contributed by atoms with van der Waals surface area (Å²) >= 11 is 0. The van der Waals surface area contributed by atoms with Crippen LogP contribution in [0.5, 0.6) is 0 Å². The number of nitrogens with zero attached hydrogens (tertiary/aromatic N) is 2. The van der Waals surface area contributed by atoms with Gasteiger partial charge in [0.05, 0.1) is 28.6 Å². The summed E-state index contributed by atoms with van der Waals surface area (Å²) in [6, 6.07) is 3.41. The molecule has 0 bridgehead atoms. The quantitative estimate of drug-likeness (QED) is 0.758. The number of aromatic nitrogens is 2. The first-order valence-electron chi connectivity index (χ1n) is 5.28. The molecule has 1 aromatic carbocycles. The van der Waals surface area contributed by atoms with Gasteiger partial charge in [-0.2, -0.15) is 5.10 Å². The van der Waals surface area contributed by atoms with Crippen molar-refractivity contribution in [3.05, 3.63) is 47.3 Å². The van der Waals surface area contributed by atoms with Crippen molar-refractivity contribution in [1.29, 1.82) is 0 Å². The van der Waals surface area contributed by atoms with Crippen molar-refractivity contribution >= 4 is 17.9 Å². The fraction of sp³-hybridized carbons (Fsp3) is 0. The molecule has 0 saturated carbocycles. The molecule has 1 heterocycles. The Bertz CT molecular complexity index is 686. The number of carboxylic acid groups (broad SMARTS) is 3. The smallest absolute Gasteiger partial charge is 0.338 e. The van der Waals surface area contributed by atoms with Crippen LogP contribution in [0.4, 0.5) is 0 Å². The second kappa shape index (κ2) is 4.84. The second-order valence-corrected chi connectivity index (χ2v) is 3.86. The van der Waals surface area contributed by atoms with Crippen molar-refractivity contribution in [2.24, 2.45) is 0 Å². The van der Waals surface area contributed by atoms with Crippen LogP contribution in [-0.2, 0) is 0 Å². The molecule has 8 heteroatoms. The van der Waals surface area contributed by atoms with Gasteiger partial charge in [0.2, 0.25) is 0 Å². The van der Waals surface area contributed by atoms with Gasteiger partial charge in [0.25, 0.3) is 0 Å². The van der Waals surface area contributed by atoms with Gasteiger partial charge in [-0.15, -0.1) is 0 Å². The third-order valence-corrected chi connectivity index (χ3v) is 2.51. The predicted octanol–water partition coefficient (Wildman–Crippen LogP) is 0.967. The van der Waals surface area contributed by atoms with Crippen molar-refractivity contribution in [2.45, 2.75) is 0 Å². The summed E-state index contributed by atoms with van der Waals surface area (Å²) in [5.74, 6) is -3.77. The van der Waals surface area contributed by atoms with Crippen LogP contribution in [-0.4, -0.2) is 43.0 Å². The lowest BCUT2D eigenvalue weighted by atomic mass is 10.1. The Morgan fingerprint density at radius 1 is 0.850 bits per heavy atom. The molecule has 0 spiro atoms. The highest BCUT2D eigenvalue weighted by Crippen LogP contribution is 2.15. The number of rotatable bonds is 4. The van der Waals surface area contributed by atoms with E-state index in [9.17, 15) is 14.4 Å². The SMILES string of the molecule is O=C(O)c1cc(C(=O)O)cc(-n2cc(C(=O)O)cn2)c1. The first-order chi connectivity index (χ1) is 9.38. The third-order valence-electron chi connectivity index (χ3n) is 2.51. The van der Waals surface area contributed by atoms with Gasteiger partial charge in [0, 0.05) is 6.20 Å². The van der Waals surface area contributed by atoms with Crippen molar-refractivity contribution in [3.8, 4) is 5.69 Å². The molecule has 2 rings (SSSR count). The first kappa shape index (κ1) is 13.3. The maximum absolute atomic E-state index is 11.0. The summed E-state index contributed by atoms with van der Waals surface area (Å²) in [7, 11) is 0. The van der Waals surface area contributed by atoms with Gasteiger partial charge in [-0.25, -0.2) is 19.1 Å². The van der Waals surface area contributed by atoms with Gasteiger partial charge in [-0.1, -0.05) is 0 Å². The molecule has 20 heavy (non-hydrogen) atoms. The lowest BCUT2D eigenvalue weighted by molar-refractivity contribution is 0.0681. The fourth-order valence-corrected chi connectivity index (χ4v) is 1.56. The molecule has 0 aliphatic carbocycles. The lowest BCUT2D eigenvalue weighted by Crippen LogP contribution is -2.06. The lowest BCUT2D eigenvalue weighted by Gasteiger charge is -2.05. The Morgan fingerprint density at radius 2 is 1.35 bits per heavy atom. The largest absolute Gasteiger partial charge is 0.478 e. The van der Waals surface area contributed by atoms with Gasteiger partial charge >= 0.3 is 17.9 Å². The topological polar surface area (TPSA) is 130 Å². The molecular formula is C12H8N2O6. The van der Waals surface area contributed by atoms with Crippen molar-refractivity contribution in [1.82, 2.24) is 9.78 Å². The van der Waals surface area contributed by atoms with Crippen LogP contribution < -0.4 is 0 Å². The van der Waals surface area contributed by atoms with Crippen LogP contribution >= 0.6 is 0 Å². The summed E-state index contributed by atoms with van der Waals surface area (Å²) < 4.78 is 1.10. The van der Waals surface area contributed by atoms with E-state index in [4.69, 9.17) is 15.3 Å². The molecule has 0 aliphatic heterocycles. The zero-order valence-electron chi connectivity index (χ0n) is 9.85. The maximum atomic E-state index is 11.0. The molecule has 3 N–H and O–H groups in total. The molecule has 0 fully saturated rings. The molecule has 0 radical (unpaired) electrons. The summed E-state index contributed by atoms with van der Waals surface area (Å²) in [5.41, 5.74) is -0.406. The van der Waals surface area contributed by atoms with E-state index in [0.29, 0.717) is 0 Å². The summed E-state index contributed by atoms with van der Waals surface area (Å²) in [6.07, 6.45) is 2.24. The second-order valence-electron chi connectivity index (χ2n) is 3.86. The average Bonchev–Trinajstić information content (AvgIpc) is 2.87. The molecule has 8 nitrogen and oxygen atoms in total. The summed E-state index contributed by atoms with van der Waals surface area (Å²) in [5, 5.41) is 30.4. The van der Waals surface area contributed by atoms with Crippen molar-refractivity contribution < 1.29 is 29.7 Å². The van der Waals surface area contributed by atoms with Crippen molar-refractivity contribution in [2.75, 3.05) is 0 Å². The number of carbonyl (C=O) groups is 3. The minimum absolute atomic E-state index is 0.0948. The predicted molar refractivity (Wildman–Crippen MR) is 64.4 cm³/mol. The Hall–Kier alpha value is -3.16. The molecule has 102 valence electrons. The van der Waals surface area contributed by atoms with Crippen LogP contribution in [0, 0.1) is 0 Å². The van der Waals surface area contributed by atoms with Gasteiger partial charge < -0.3 is 15.3 Å². The highest BCUT2D eigenvalue weighted by Gasteiger charge is 2.14.